The van der Waals surface area contributed by atoms with Gasteiger partial charge in [0.25, 0.3) is 0 Å². The molecule has 0 unspecified atom stereocenters. The van der Waals surface area contributed by atoms with E-state index in [0.717, 1.165) is 45.3 Å². The second kappa shape index (κ2) is 7.96. The van der Waals surface area contributed by atoms with Gasteiger partial charge >= 0.3 is 0 Å². The Labute approximate surface area is 226 Å². The van der Waals surface area contributed by atoms with E-state index in [1.54, 1.807) is 0 Å². The number of hydrogen-bond acceptors (Lipinski definition) is 8. The van der Waals surface area contributed by atoms with Gasteiger partial charge in [-0.2, -0.15) is 0 Å². The highest BCUT2D eigenvalue weighted by atomic mass is 15.0. The lowest BCUT2D eigenvalue weighted by Crippen LogP contribution is -2.39. The van der Waals surface area contributed by atoms with Crippen molar-refractivity contribution in [3.05, 3.63) is 82.7 Å². The van der Waals surface area contributed by atoms with Gasteiger partial charge in [-0.05, 0) is 36.4 Å². The van der Waals surface area contributed by atoms with Crippen molar-refractivity contribution in [2.45, 2.75) is 52.4 Å². The summed E-state index contributed by atoms with van der Waals surface area (Å²) in [5.74, 6) is 1.43. The smallest absolute Gasteiger partial charge is 0.135 e. The molecule has 3 aliphatic heterocycles. The summed E-state index contributed by atoms with van der Waals surface area (Å²) in [6.45, 7) is 12.7. The molecule has 0 atom stereocenters. The summed E-state index contributed by atoms with van der Waals surface area (Å²) in [5.41, 5.74) is 6.97. The molecule has 3 aliphatic rings. The predicted octanol–water partition coefficient (Wildman–Crippen LogP) is 4.54. The first-order valence-corrected chi connectivity index (χ1v) is 13.1. The maximum absolute atomic E-state index is 5.12. The third-order valence-corrected chi connectivity index (χ3v) is 6.89. The molecule has 1 N–H and O–H groups in total. The van der Waals surface area contributed by atoms with Crippen LogP contribution in [0.4, 0.5) is 5.69 Å². The van der Waals surface area contributed by atoms with Crippen LogP contribution in [0.3, 0.4) is 0 Å². The van der Waals surface area contributed by atoms with Gasteiger partial charge in [0.05, 0.1) is 34.2 Å². The predicted molar refractivity (Wildman–Crippen MR) is 151 cm³/mol. The van der Waals surface area contributed by atoms with Gasteiger partial charge in [-0.15, -0.1) is 0 Å². The van der Waals surface area contributed by atoms with Gasteiger partial charge in [0.2, 0.25) is 0 Å². The molecule has 4 aromatic rings. The van der Waals surface area contributed by atoms with Crippen LogP contribution in [0.25, 0.3) is 45.6 Å². The maximum Gasteiger partial charge on any atom is 0.135 e. The molecule has 39 heavy (non-hydrogen) atoms. The molecule has 4 aromatic heterocycles. The number of dihydropyridines is 1. The van der Waals surface area contributed by atoms with Crippen LogP contribution in [0.15, 0.2) is 59.6 Å². The molecule has 8 heteroatoms. The molecule has 0 fully saturated rings. The lowest BCUT2D eigenvalue weighted by atomic mass is 9.94. The van der Waals surface area contributed by atoms with Gasteiger partial charge in [-0.25, -0.2) is 34.9 Å². The number of allylic oxidation sites excluding steroid dienone is 2. The molecule has 0 amide bonds. The number of nitrogens with one attached hydrogen (secondary N) is 1. The lowest BCUT2D eigenvalue weighted by molar-refractivity contribution is 0.541. The van der Waals surface area contributed by atoms with Gasteiger partial charge in [-0.3, -0.25) is 0 Å². The van der Waals surface area contributed by atoms with Crippen LogP contribution in [-0.2, 0) is 10.8 Å². The zero-order chi connectivity index (χ0) is 27.1. The number of hydrogen-bond donors (Lipinski definition) is 1. The monoisotopic (exact) mass is 512 g/mol. The van der Waals surface area contributed by atoms with E-state index in [9.17, 15) is 0 Å². The fourth-order valence-corrected chi connectivity index (χ4v) is 4.79. The van der Waals surface area contributed by atoms with Gasteiger partial charge in [0.1, 0.15) is 45.1 Å². The fraction of sp³-hybridized carbons (Fsp3) is 0.258. The van der Waals surface area contributed by atoms with Crippen molar-refractivity contribution >= 4 is 17.1 Å². The van der Waals surface area contributed by atoms with Crippen molar-refractivity contribution < 1.29 is 0 Å². The third kappa shape index (κ3) is 3.78. The topological polar surface area (TPSA) is 102 Å². The zero-order valence-electron chi connectivity index (χ0n) is 22.8. The lowest BCUT2D eigenvalue weighted by Gasteiger charge is -2.20. The molecule has 0 spiro atoms. The minimum atomic E-state index is -0.298. The van der Waals surface area contributed by atoms with Crippen molar-refractivity contribution in [2.24, 2.45) is 4.99 Å². The van der Waals surface area contributed by atoms with E-state index >= 15 is 0 Å². The van der Waals surface area contributed by atoms with E-state index < -0.39 is 0 Å². The minimum Gasteiger partial charge on any atom is -0.352 e. The van der Waals surface area contributed by atoms with Crippen LogP contribution < -0.4 is 16.0 Å². The average Bonchev–Trinajstić information content (AvgIpc) is 3.30. The molecular formula is C31H28N8. The van der Waals surface area contributed by atoms with Crippen molar-refractivity contribution in [1.82, 2.24) is 35.2 Å². The van der Waals surface area contributed by atoms with Crippen LogP contribution in [0.5, 0.6) is 0 Å². The zero-order valence-corrected chi connectivity index (χ0v) is 22.8. The van der Waals surface area contributed by atoms with E-state index in [0.29, 0.717) is 34.0 Å². The largest absolute Gasteiger partial charge is 0.352 e. The summed E-state index contributed by atoms with van der Waals surface area (Å²) in [4.78, 5) is 35.3. The highest BCUT2D eigenvalue weighted by molar-refractivity contribution is 5.85. The molecule has 0 saturated heterocycles. The standard InChI is InChI=1S/C31H28N8/c1-30(2,3)28-36-22-20-14-8-12-18(33-20)16-10-7-11-17(32-16)19-13-9-15-21(34-19)23-25-27(26(38-28)24(22)35-25)39-29(37-23)31(4,5)6/h7-15,33H,1-6H3. The summed E-state index contributed by atoms with van der Waals surface area (Å²) in [5, 5.41) is 4.98. The Kier molecular flexibility index (Phi) is 4.80. The van der Waals surface area contributed by atoms with Crippen molar-refractivity contribution in [3.63, 3.8) is 0 Å². The maximum atomic E-state index is 5.12. The molecule has 0 aliphatic carbocycles. The van der Waals surface area contributed by atoms with Crippen molar-refractivity contribution in [2.75, 3.05) is 0 Å². The second-order valence-corrected chi connectivity index (χ2v) is 12.1. The van der Waals surface area contributed by atoms with Crippen molar-refractivity contribution in [3.8, 4) is 34.2 Å². The molecule has 7 rings (SSSR count). The molecule has 7 heterocycles. The molecule has 8 bridgehead atoms. The van der Waals surface area contributed by atoms with Crippen molar-refractivity contribution in [1.29, 1.82) is 0 Å². The van der Waals surface area contributed by atoms with E-state index in [4.69, 9.17) is 34.9 Å². The van der Waals surface area contributed by atoms with E-state index in [2.05, 4.69) is 46.9 Å². The minimum absolute atomic E-state index is 0.290. The summed E-state index contributed by atoms with van der Waals surface area (Å²) in [7, 11) is 0. The van der Waals surface area contributed by atoms with Gasteiger partial charge in [0.15, 0.2) is 0 Å². The molecule has 0 saturated carbocycles. The number of pyridine rings is 2. The van der Waals surface area contributed by atoms with Gasteiger partial charge in [0, 0.05) is 10.8 Å². The highest BCUT2D eigenvalue weighted by Crippen LogP contribution is 2.39. The average molecular weight is 513 g/mol. The van der Waals surface area contributed by atoms with E-state index in [1.165, 1.54) is 0 Å². The molecule has 8 nitrogen and oxygen atoms in total. The third-order valence-electron chi connectivity index (χ3n) is 6.89. The van der Waals surface area contributed by atoms with E-state index in [-0.39, 0.29) is 10.8 Å². The SMILES string of the molecule is CC(C)(C)c1nc2c3c(n1)-c1nc(C(C)(C)C)nc(c1=N3)=C1C=CC=C(N1)c1cccc(n1)-c1cccc-2n1. The Morgan fingerprint density at radius 1 is 0.615 bits per heavy atom. The Bertz CT molecular complexity index is 1900. The highest BCUT2D eigenvalue weighted by Gasteiger charge is 2.31. The van der Waals surface area contributed by atoms with Crippen LogP contribution >= 0.6 is 0 Å². The van der Waals surface area contributed by atoms with Gasteiger partial charge < -0.3 is 5.32 Å². The van der Waals surface area contributed by atoms with Gasteiger partial charge in [-0.1, -0.05) is 59.8 Å². The summed E-state index contributed by atoms with van der Waals surface area (Å²) < 4.78 is 0. The molecule has 0 radical (unpaired) electrons. The number of aromatic nitrogens is 6. The summed E-state index contributed by atoms with van der Waals surface area (Å²) >= 11 is 0. The van der Waals surface area contributed by atoms with Crippen LogP contribution in [0.2, 0.25) is 0 Å². The van der Waals surface area contributed by atoms with E-state index in [1.807, 2.05) is 54.6 Å². The quantitative estimate of drug-likeness (QED) is 0.325. The molecular weight excluding hydrogens is 484 g/mol. The molecule has 192 valence electrons. The fourth-order valence-electron chi connectivity index (χ4n) is 4.79. The van der Waals surface area contributed by atoms with Crippen LogP contribution in [-0.4, -0.2) is 29.9 Å². The first-order valence-electron chi connectivity index (χ1n) is 13.1. The Morgan fingerprint density at radius 2 is 1.21 bits per heavy atom. The second-order valence-electron chi connectivity index (χ2n) is 12.1. The number of rotatable bonds is 0. The first-order chi connectivity index (χ1) is 18.6. The van der Waals surface area contributed by atoms with Crippen LogP contribution in [0.1, 0.15) is 58.9 Å². The Morgan fingerprint density at radius 3 is 1.92 bits per heavy atom. The van der Waals surface area contributed by atoms with Crippen LogP contribution in [0, 0.1) is 0 Å². The summed E-state index contributed by atoms with van der Waals surface area (Å²) in [6.07, 6.45) is 6.04. The Balaban J connectivity index is 1.67. The number of nitrogens with zero attached hydrogens (tertiary/aromatic N) is 7. The summed E-state index contributed by atoms with van der Waals surface area (Å²) in [6, 6.07) is 11.9. The Hall–Kier alpha value is -4.59. The normalized spacial score (nSPS) is 14.8. The number of fused-ring (bicyclic) bond motifs is 10. The first kappa shape index (κ1) is 23.5. The molecule has 0 aromatic carbocycles.